The predicted octanol–water partition coefficient (Wildman–Crippen LogP) is 2.82. The second-order valence-electron chi connectivity index (χ2n) is 4.18. The zero-order chi connectivity index (χ0) is 16.4. The van der Waals surface area contributed by atoms with Gasteiger partial charge in [0.2, 0.25) is 0 Å². The maximum Gasteiger partial charge on any atom is 0.186 e. The van der Waals surface area contributed by atoms with Crippen molar-refractivity contribution in [1.82, 2.24) is 0 Å². The highest BCUT2D eigenvalue weighted by Gasteiger charge is 2.09. The highest BCUT2D eigenvalue weighted by molar-refractivity contribution is 8.14. The zero-order valence-corrected chi connectivity index (χ0v) is 13.7. The van der Waals surface area contributed by atoms with Crippen molar-refractivity contribution in [2.75, 3.05) is 5.75 Å². The van der Waals surface area contributed by atoms with Gasteiger partial charge in [-0.3, -0.25) is 9.59 Å². The number of rotatable bonds is 4. The lowest BCUT2D eigenvalue weighted by molar-refractivity contribution is -0.109. The van der Waals surface area contributed by atoms with E-state index in [2.05, 4.69) is 0 Å². The van der Waals surface area contributed by atoms with Crippen molar-refractivity contribution in [3.05, 3.63) is 66.2 Å². The lowest BCUT2D eigenvalue weighted by Gasteiger charge is -2.01. The van der Waals surface area contributed by atoms with Crippen LogP contribution in [0.2, 0.25) is 0 Å². The van der Waals surface area contributed by atoms with E-state index in [0.29, 0.717) is 10.5 Å². The van der Waals surface area contributed by atoms with Gasteiger partial charge >= 0.3 is 0 Å². The van der Waals surface area contributed by atoms with Crippen LogP contribution >= 0.6 is 11.8 Å². The van der Waals surface area contributed by atoms with E-state index in [1.807, 2.05) is 36.4 Å². The van der Waals surface area contributed by atoms with Crippen LogP contribution in [0.3, 0.4) is 0 Å². The largest absolute Gasteiger partial charge is 0.293 e. The molecule has 1 atom stereocenters. The van der Waals surface area contributed by atoms with Crippen molar-refractivity contribution in [3.8, 4) is 0 Å². The van der Waals surface area contributed by atoms with Crippen molar-refractivity contribution < 1.29 is 13.8 Å². The van der Waals surface area contributed by atoms with Crippen molar-refractivity contribution in [3.63, 3.8) is 0 Å². The molecular weight excluding hydrogens is 318 g/mol. The molecule has 4 nitrogen and oxygen atoms in total. The van der Waals surface area contributed by atoms with Gasteiger partial charge in [-0.1, -0.05) is 60.3 Å². The van der Waals surface area contributed by atoms with Gasteiger partial charge in [-0.05, 0) is 12.1 Å². The maximum absolute atomic E-state index is 11.6. The summed E-state index contributed by atoms with van der Waals surface area (Å²) in [6, 6.07) is 18.3. The van der Waals surface area contributed by atoms with Crippen molar-refractivity contribution in [1.29, 1.82) is 0 Å². The third-order valence-electron chi connectivity index (χ3n) is 2.46. The number of hydrogen-bond acceptors (Lipinski definition) is 4. The summed E-state index contributed by atoms with van der Waals surface area (Å²) in [5.41, 5.74) is 0.421. The van der Waals surface area contributed by atoms with E-state index in [1.165, 1.54) is 13.0 Å². The molecule has 6 heteroatoms. The Morgan fingerprint density at radius 2 is 1.59 bits per heavy atom. The average Bonchev–Trinajstić information content (AvgIpc) is 2.55. The number of Topliss-reactive ketones (excluding diaryl/α,β-unsaturated/α-hetero) is 1. The van der Waals surface area contributed by atoms with Gasteiger partial charge in [0.25, 0.3) is 0 Å². The van der Waals surface area contributed by atoms with Gasteiger partial charge in [-0.25, -0.2) is 9.35 Å². The third-order valence-corrected chi connectivity index (χ3v) is 3.99. The molecule has 0 aliphatic carbocycles. The number of thioether (sulfide) groups is 1. The molecule has 0 aromatic heterocycles. The summed E-state index contributed by atoms with van der Waals surface area (Å²) in [6.07, 6.45) is 0. The van der Waals surface area contributed by atoms with E-state index in [1.54, 1.807) is 18.2 Å². The molecule has 2 aromatic rings. The average molecular weight is 335 g/mol. The van der Waals surface area contributed by atoms with Gasteiger partial charge in [0.05, 0.1) is 10.6 Å². The summed E-state index contributed by atoms with van der Waals surface area (Å²) in [5.74, 6) is -0.0804. The van der Waals surface area contributed by atoms with Crippen LogP contribution in [0.4, 0.5) is 0 Å². The van der Waals surface area contributed by atoms with Crippen molar-refractivity contribution in [2.24, 2.45) is 5.14 Å². The van der Waals surface area contributed by atoms with Gasteiger partial charge in [0, 0.05) is 12.5 Å². The molecule has 0 heterocycles. The molecule has 116 valence electrons. The van der Waals surface area contributed by atoms with Crippen LogP contribution in [0.25, 0.3) is 0 Å². The van der Waals surface area contributed by atoms with E-state index in [-0.39, 0.29) is 16.7 Å². The second-order valence-corrected chi connectivity index (χ2v) is 6.40. The standard InChI is InChI=1S/C10H11NO3S2.C6H6/c1-7(12)15-6-10(13)8-3-2-4-9(5-8)16(11)14;1-2-4-6-5-3-1/h2-5H,6,11H2,1H3;1-6H. The molecule has 0 fully saturated rings. The summed E-state index contributed by atoms with van der Waals surface area (Å²) in [6.45, 7) is 1.41. The SMILES string of the molecule is CC(=O)SCC(=O)c1cccc(S(N)=O)c1.c1ccccc1. The molecule has 0 bridgehead atoms. The molecule has 22 heavy (non-hydrogen) atoms. The van der Waals surface area contributed by atoms with Gasteiger partial charge in [0.1, 0.15) is 11.0 Å². The lowest BCUT2D eigenvalue weighted by atomic mass is 10.1. The number of carbonyl (C=O) groups is 2. The summed E-state index contributed by atoms with van der Waals surface area (Å²) in [7, 11) is -1.59. The molecule has 1 unspecified atom stereocenters. The smallest absolute Gasteiger partial charge is 0.186 e. The second kappa shape index (κ2) is 10.0. The Bertz CT molecular complexity index is 618. The molecule has 2 rings (SSSR count). The summed E-state index contributed by atoms with van der Waals surface area (Å²) < 4.78 is 11.0. The first-order chi connectivity index (χ1) is 10.5. The van der Waals surface area contributed by atoms with Crippen LogP contribution in [0.1, 0.15) is 17.3 Å². The first kappa shape index (κ1) is 18.3. The number of hydrogen-bond donors (Lipinski definition) is 1. The van der Waals surface area contributed by atoms with Gasteiger partial charge in [-0.2, -0.15) is 0 Å². The first-order valence-corrected chi connectivity index (χ1v) is 8.63. The molecule has 2 N–H and O–H groups in total. The molecule has 0 spiro atoms. The Morgan fingerprint density at radius 1 is 1.05 bits per heavy atom. The van der Waals surface area contributed by atoms with Crippen LogP contribution in [-0.2, 0) is 15.8 Å². The third kappa shape index (κ3) is 7.31. The minimum Gasteiger partial charge on any atom is -0.293 e. The molecular formula is C16H17NO3S2. The Morgan fingerprint density at radius 3 is 2.05 bits per heavy atom. The van der Waals surface area contributed by atoms with Gasteiger partial charge < -0.3 is 0 Å². The van der Waals surface area contributed by atoms with E-state index in [9.17, 15) is 13.8 Å². The summed E-state index contributed by atoms with van der Waals surface area (Å²) in [4.78, 5) is 22.7. The maximum atomic E-state index is 11.6. The van der Waals surface area contributed by atoms with E-state index >= 15 is 0 Å². The minimum atomic E-state index is -1.59. The fraction of sp³-hybridized carbons (Fsp3) is 0.125. The highest BCUT2D eigenvalue weighted by atomic mass is 32.2. The van der Waals surface area contributed by atoms with Gasteiger partial charge in [-0.15, -0.1) is 0 Å². The number of nitrogens with two attached hydrogens (primary N) is 1. The van der Waals surface area contributed by atoms with Crippen molar-refractivity contribution >= 4 is 33.6 Å². The van der Waals surface area contributed by atoms with E-state index < -0.39 is 11.0 Å². The Labute approximate surface area is 136 Å². The molecule has 2 aromatic carbocycles. The Hall–Kier alpha value is -1.76. The Balaban J connectivity index is 0.000000335. The summed E-state index contributed by atoms with van der Waals surface area (Å²) >= 11 is 0.953. The number of benzene rings is 2. The number of carbonyl (C=O) groups excluding carboxylic acids is 2. The molecule has 0 saturated carbocycles. The molecule has 0 saturated heterocycles. The number of ketones is 1. The molecule has 0 aliphatic heterocycles. The Kier molecular flexibility index (Phi) is 8.35. The van der Waals surface area contributed by atoms with Crippen LogP contribution in [0.5, 0.6) is 0 Å². The van der Waals surface area contributed by atoms with Crippen LogP contribution in [0.15, 0.2) is 65.6 Å². The summed E-state index contributed by atoms with van der Waals surface area (Å²) in [5, 5.41) is 5.10. The molecule has 0 aliphatic rings. The van der Waals surface area contributed by atoms with Crippen molar-refractivity contribution in [2.45, 2.75) is 11.8 Å². The first-order valence-electron chi connectivity index (χ1n) is 6.43. The quantitative estimate of drug-likeness (QED) is 0.872. The predicted molar refractivity (Wildman–Crippen MR) is 90.9 cm³/mol. The minimum absolute atomic E-state index is 0.0932. The zero-order valence-electron chi connectivity index (χ0n) is 12.1. The topological polar surface area (TPSA) is 77.2 Å². The normalized spacial score (nSPS) is 11.0. The molecule has 0 radical (unpaired) electrons. The highest BCUT2D eigenvalue weighted by Crippen LogP contribution is 2.11. The molecule has 0 amide bonds. The van der Waals surface area contributed by atoms with Crippen LogP contribution in [0, 0.1) is 0 Å². The van der Waals surface area contributed by atoms with E-state index in [0.717, 1.165) is 11.8 Å². The lowest BCUT2D eigenvalue weighted by Crippen LogP contribution is -2.07. The van der Waals surface area contributed by atoms with E-state index in [4.69, 9.17) is 5.14 Å². The fourth-order valence-corrected chi connectivity index (χ4v) is 2.39. The monoisotopic (exact) mass is 335 g/mol. The van der Waals surface area contributed by atoms with Crippen LogP contribution in [-0.4, -0.2) is 20.9 Å². The van der Waals surface area contributed by atoms with Crippen LogP contribution < -0.4 is 5.14 Å². The van der Waals surface area contributed by atoms with Gasteiger partial charge in [0.15, 0.2) is 10.9 Å². The fourth-order valence-electron chi connectivity index (χ4n) is 1.43.